The molecule has 0 amide bonds. The summed E-state index contributed by atoms with van der Waals surface area (Å²) in [5, 5.41) is 0.693. The molecule has 0 atom stereocenters. The van der Waals surface area contributed by atoms with Gasteiger partial charge in [0.15, 0.2) is 0 Å². The van der Waals surface area contributed by atoms with E-state index < -0.39 is 0 Å². The Hall–Kier alpha value is -1.58. The molecular weight excluding hydrogens is 272 g/mol. The van der Waals surface area contributed by atoms with Gasteiger partial charge in [-0.15, -0.1) is 0 Å². The molecule has 106 valence electrons. The predicted octanol–water partition coefficient (Wildman–Crippen LogP) is 3.90. The van der Waals surface area contributed by atoms with E-state index in [1.165, 1.54) is 0 Å². The van der Waals surface area contributed by atoms with E-state index in [9.17, 15) is 0 Å². The third-order valence-electron chi connectivity index (χ3n) is 3.06. The maximum Gasteiger partial charge on any atom is 0.148 e. The minimum Gasteiger partial charge on any atom is -0.455 e. The monoisotopic (exact) mass is 290 g/mol. The summed E-state index contributed by atoms with van der Waals surface area (Å²) < 4.78 is 6.02. The molecule has 0 aliphatic carbocycles. The number of pyridine rings is 1. The van der Waals surface area contributed by atoms with Crippen LogP contribution in [0.4, 0.5) is 0 Å². The van der Waals surface area contributed by atoms with Crippen LogP contribution < -0.4 is 10.5 Å². The second kappa shape index (κ2) is 6.73. The van der Waals surface area contributed by atoms with E-state index in [-0.39, 0.29) is 0 Å². The molecule has 4 heteroatoms. The predicted molar refractivity (Wildman–Crippen MR) is 82.6 cm³/mol. The average molecular weight is 291 g/mol. The van der Waals surface area contributed by atoms with E-state index >= 15 is 0 Å². The first kappa shape index (κ1) is 14.8. The zero-order valence-corrected chi connectivity index (χ0v) is 12.6. The normalized spacial score (nSPS) is 10.6. The van der Waals surface area contributed by atoms with Gasteiger partial charge >= 0.3 is 0 Å². The summed E-state index contributed by atoms with van der Waals surface area (Å²) in [5.74, 6) is 1.58. The van der Waals surface area contributed by atoms with Gasteiger partial charge < -0.3 is 10.5 Å². The molecule has 0 aliphatic rings. The number of nitrogens with two attached hydrogens (primary N) is 1. The van der Waals surface area contributed by atoms with Crippen molar-refractivity contribution >= 4 is 11.6 Å². The fourth-order valence-electron chi connectivity index (χ4n) is 2.06. The van der Waals surface area contributed by atoms with E-state index in [4.69, 9.17) is 22.1 Å². The Labute approximate surface area is 124 Å². The van der Waals surface area contributed by atoms with Crippen LogP contribution in [0.3, 0.4) is 0 Å². The number of benzene rings is 1. The van der Waals surface area contributed by atoms with Gasteiger partial charge in [0, 0.05) is 10.7 Å². The highest BCUT2D eigenvalue weighted by atomic mass is 35.5. The van der Waals surface area contributed by atoms with Crippen LogP contribution in [0, 0.1) is 6.92 Å². The van der Waals surface area contributed by atoms with Gasteiger partial charge in [-0.25, -0.2) is 0 Å². The first-order valence-corrected chi connectivity index (χ1v) is 7.14. The van der Waals surface area contributed by atoms with Crippen molar-refractivity contribution in [1.29, 1.82) is 0 Å². The minimum absolute atomic E-state index is 0.559. The first-order chi connectivity index (χ1) is 9.63. The lowest BCUT2D eigenvalue weighted by molar-refractivity contribution is 0.467. The molecule has 1 aromatic carbocycles. The van der Waals surface area contributed by atoms with Crippen molar-refractivity contribution in [2.45, 2.75) is 26.7 Å². The van der Waals surface area contributed by atoms with Crippen molar-refractivity contribution in [2.24, 2.45) is 5.73 Å². The number of ether oxygens (including phenoxy) is 1. The number of nitrogens with zero attached hydrogens (tertiary/aromatic N) is 1. The van der Waals surface area contributed by atoms with Gasteiger partial charge in [-0.1, -0.05) is 18.5 Å². The summed E-state index contributed by atoms with van der Waals surface area (Å²) in [5.41, 5.74) is 8.60. The van der Waals surface area contributed by atoms with Gasteiger partial charge in [-0.05, 0) is 62.2 Å². The van der Waals surface area contributed by atoms with Crippen LogP contribution in [0.2, 0.25) is 5.02 Å². The number of rotatable bonds is 5. The number of hydrogen-bond acceptors (Lipinski definition) is 3. The van der Waals surface area contributed by atoms with Crippen molar-refractivity contribution in [3.63, 3.8) is 0 Å². The molecule has 2 N–H and O–H groups in total. The lowest BCUT2D eigenvalue weighted by atomic mass is 10.1. The average Bonchev–Trinajstić information content (AvgIpc) is 2.43. The van der Waals surface area contributed by atoms with Gasteiger partial charge in [-0.3, -0.25) is 4.98 Å². The van der Waals surface area contributed by atoms with E-state index in [0.29, 0.717) is 11.6 Å². The van der Waals surface area contributed by atoms with Crippen molar-refractivity contribution in [1.82, 2.24) is 4.98 Å². The quantitative estimate of drug-likeness (QED) is 0.908. The van der Waals surface area contributed by atoms with Crippen LogP contribution in [0.15, 0.2) is 30.3 Å². The molecular formula is C16H19ClN2O. The van der Waals surface area contributed by atoms with Crippen LogP contribution in [-0.2, 0) is 12.8 Å². The Morgan fingerprint density at radius 3 is 2.65 bits per heavy atom. The molecule has 1 heterocycles. The van der Waals surface area contributed by atoms with Gasteiger partial charge in [0.25, 0.3) is 0 Å². The second-order valence-corrected chi connectivity index (χ2v) is 5.08. The Bertz CT molecular complexity index is 599. The highest BCUT2D eigenvalue weighted by molar-refractivity contribution is 6.30. The highest BCUT2D eigenvalue weighted by Crippen LogP contribution is 2.30. The van der Waals surface area contributed by atoms with Crippen molar-refractivity contribution in [3.8, 4) is 11.5 Å². The molecule has 0 aliphatic heterocycles. The third-order valence-corrected chi connectivity index (χ3v) is 3.30. The molecule has 0 fully saturated rings. The van der Waals surface area contributed by atoms with Gasteiger partial charge in [0.2, 0.25) is 0 Å². The number of aromatic nitrogens is 1. The maximum atomic E-state index is 6.03. The molecule has 0 bridgehead atoms. The van der Waals surface area contributed by atoms with Crippen LogP contribution in [0.5, 0.6) is 11.5 Å². The molecule has 1 aromatic heterocycles. The lowest BCUT2D eigenvalue weighted by Gasteiger charge is -2.13. The van der Waals surface area contributed by atoms with Crippen molar-refractivity contribution in [3.05, 3.63) is 52.3 Å². The number of aryl methyl sites for hydroxylation is 2. The zero-order chi connectivity index (χ0) is 14.5. The topological polar surface area (TPSA) is 48.1 Å². The van der Waals surface area contributed by atoms with Gasteiger partial charge in [-0.2, -0.15) is 0 Å². The fraction of sp³-hybridized carbons (Fsp3) is 0.312. The smallest absolute Gasteiger partial charge is 0.148 e. The van der Waals surface area contributed by atoms with E-state index in [2.05, 4.69) is 11.9 Å². The lowest BCUT2D eigenvalue weighted by Crippen LogP contribution is -2.04. The SMILES string of the molecule is CCc1nc(C)ccc1Oc1ccc(Cl)cc1CCN. The Morgan fingerprint density at radius 1 is 1.20 bits per heavy atom. The second-order valence-electron chi connectivity index (χ2n) is 4.64. The standard InChI is InChI=1S/C16H19ClN2O/c1-3-14-16(6-4-11(2)19-14)20-15-7-5-13(17)10-12(15)8-9-18/h4-7,10H,3,8-9,18H2,1-2H3. The van der Waals surface area contributed by atoms with E-state index in [0.717, 1.165) is 41.3 Å². The Kier molecular flexibility index (Phi) is 4.99. The minimum atomic E-state index is 0.559. The summed E-state index contributed by atoms with van der Waals surface area (Å²) in [6.45, 7) is 4.60. The first-order valence-electron chi connectivity index (χ1n) is 6.77. The summed E-state index contributed by atoms with van der Waals surface area (Å²) in [7, 11) is 0. The van der Waals surface area contributed by atoms with Crippen LogP contribution in [-0.4, -0.2) is 11.5 Å². The van der Waals surface area contributed by atoms with Crippen LogP contribution in [0.1, 0.15) is 23.9 Å². The van der Waals surface area contributed by atoms with E-state index in [1.807, 2.05) is 37.3 Å². The molecule has 0 saturated heterocycles. The molecule has 0 spiro atoms. The highest BCUT2D eigenvalue weighted by Gasteiger charge is 2.09. The molecule has 3 nitrogen and oxygen atoms in total. The zero-order valence-electron chi connectivity index (χ0n) is 11.8. The summed E-state index contributed by atoms with van der Waals surface area (Å²) in [6, 6.07) is 9.52. The molecule has 2 aromatic rings. The Balaban J connectivity index is 2.34. The maximum absolute atomic E-state index is 6.03. The van der Waals surface area contributed by atoms with Crippen LogP contribution in [0.25, 0.3) is 0 Å². The summed E-state index contributed by atoms with van der Waals surface area (Å²) >= 11 is 6.03. The molecule has 0 radical (unpaired) electrons. The van der Waals surface area contributed by atoms with Crippen molar-refractivity contribution < 1.29 is 4.74 Å². The summed E-state index contributed by atoms with van der Waals surface area (Å²) in [4.78, 5) is 4.51. The number of halogens is 1. The van der Waals surface area contributed by atoms with Crippen LogP contribution >= 0.6 is 11.6 Å². The molecule has 2 rings (SSSR count). The third kappa shape index (κ3) is 3.50. The van der Waals surface area contributed by atoms with Crippen molar-refractivity contribution in [2.75, 3.05) is 6.54 Å². The van der Waals surface area contributed by atoms with Gasteiger partial charge in [0.05, 0.1) is 5.69 Å². The summed E-state index contributed by atoms with van der Waals surface area (Å²) in [6.07, 6.45) is 1.56. The van der Waals surface area contributed by atoms with Gasteiger partial charge in [0.1, 0.15) is 11.5 Å². The fourth-order valence-corrected chi connectivity index (χ4v) is 2.26. The Morgan fingerprint density at radius 2 is 1.95 bits per heavy atom. The number of hydrogen-bond donors (Lipinski definition) is 1. The molecule has 0 saturated carbocycles. The largest absolute Gasteiger partial charge is 0.455 e. The molecule has 20 heavy (non-hydrogen) atoms. The van der Waals surface area contributed by atoms with E-state index in [1.54, 1.807) is 0 Å². The molecule has 0 unspecified atom stereocenters.